The van der Waals surface area contributed by atoms with E-state index in [9.17, 15) is 4.79 Å². The molecule has 3 fully saturated rings. The number of hydrogen-bond acceptors (Lipinski definition) is 2. The molecule has 114 valence electrons. The normalized spacial score (nSPS) is 27.7. The number of hydrogen-bond donors (Lipinski definition) is 0. The molecule has 3 rings (SSSR count). The van der Waals surface area contributed by atoms with Crippen molar-refractivity contribution in [1.29, 1.82) is 0 Å². The summed E-state index contributed by atoms with van der Waals surface area (Å²) in [6.07, 6.45) is 12.7. The van der Waals surface area contributed by atoms with Gasteiger partial charge in [0, 0.05) is 25.0 Å². The smallest absolute Gasteiger partial charge is 0.225 e. The van der Waals surface area contributed by atoms with E-state index in [1.54, 1.807) is 0 Å². The molecule has 0 aromatic rings. The van der Waals surface area contributed by atoms with Crippen LogP contribution in [0.1, 0.15) is 64.2 Å². The first-order chi connectivity index (χ1) is 9.84. The lowest BCUT2D eigenvalue weighted by atomic mass is 9.87. The minimum atomic E-state index is 0.357. The van der Waals surface area contributed by atoms with Crippen LogP contribution >= 0.6 is 0 Å². The van der Waals surface area contributed by atoms with Crippen LogP contribution in [0.5, 0.6) is 0 Å². The first kappa shape index (κ1) is 14.4. The van der Waals surface area contributed by atoms with Gasteiger partial charge in [-0.05, 0) is 51.6 Å². The Hall–Kier alpha value is -0.570. The van der Waals surface area contributed by atoms with Gasteiger partial charge in [-0.2, -0.15) is 0 Å². The highest BCUT2D eigenvalue weighted by molar-refractivity contribution is 5.79. The van der Waals surface area contributed by atoms with Gasteiger partial charge in [0.25, 0.3) is 0 Å². The van der Waals surface area contributed by atoms with Gasteiger partial charge in [-0.25, -0.2) is 0 Å². The highest BCUT2D eigenvalue weighted by Gasteiger charge is 2.31. The minimum Gasteiger partial charge on any atom is -0.342 e. The van der Waals surface area contributed by atoms with Gasteiger partial charge < -0.3 is 9.80 Å². The summed E-state index contributed by atoms with van der Waals surface area (Å²) in [5.74, 6) is 0.831. The molecule has 0 bridgehead atoms. The molecular weight excluding hydrogens is 248 g/mol. The molecule has 3 nitrogen and oxygen atoms in total. The quantitative estimate of drug-likeness (QED) is 0.775. The minimum absolute atomic E-state index is 0.357. The van der Waals surface area contributed by atoms with Crippen molar-refractivity contribution in [3.8, 4) is 0 Å². The Kier molecular flexibility index (Phi) is 4.98. The Morgan fingerprint density at radius 3 is 1.95 bits per heavy atom. The number of likely N-dealkylation sites (tertiary alicyclic amines) is 2. The zero-order chi connectivity index (χ0) is 13.8. The monoisotopic (exact) mass is 278 g/mol. The fourth-order valence-electron chi connectivity index (χ4n) is 4.34. The fraction of sp³-hybridized carbons (Fsp3) is 0.941. The van der Waals surface area contributed by atoms with Crippen LogP contribution in [-0.4, -0.2) is 47.9 Å². The zero-order valence-electron chi connectivity index (χ0n) is 12.9. The van der Waals surface area contributed by atoms with Crippen LogP contribution < -0.4 is 0 Å². The number of carbonyl (C=O) groups is 1. The summed E-state index contributed by atoms with van der Waals surface area (Å²) >= 11 is 0. The second-order valence-electron chi connectivity index (χ2n) is 6.99. The van der Waals surface area contributed by atoms with Gasteiger partial charge in [0.15, 0.2) is 0 Å². The van der Waals surface area contributed by atoms with Crippen LogP contribution in [0, 0.1) is 5.92 Å². The van der Waals surface area contributed by atoms with Crippen molar-refractivity contribution in [2.75, 3.05) is 26.2 Å². The maximum absolute atomic E-state index is 12.5. The van der Waals surface area contributed by atoms with Crippen LogP contribution in [0.2, 0.25) is 0 Å². The van der Waals surface area contributed by atoms with Crippen molar-refractivity contribution >= 4 is 5.91 Å². The standard InChI is InChI=1S/C17H30N2O/c20-17(15-7-3-1-4-8-15)19-13-9-16(10-14-19)18-11-5-2-6-12-18/h15-16H,1-14H2. The highest BCUT2D eigenvalue weighted by atomic mass is 16.2. The third-order valence-corrected chi connectivity index (χ3v) is 5.64. The van der Waals surface area contributed by atoms with Gasteiger partial charge in [0.05, 0.1) is 0 Å². The molecule has 0 atom stereocenters. The topological polar surface area (TPSA) is 23.6 Å². The third kappa shape index (κ3) is 3.36. The average Bonchev–Trinajstić information content (AvgIpc) is 2.56. The second kappa shape index (κ2) is 6.93. The molecule has 2 heterocycles. The lowest BCUT2D eigenvalue weighted by molar-refractivity contribution is -0.138. The SMILES string of the molecule is O=C(C1CCCCC1)N1CCC(N2CCCCC2)CC1. The Labute approximate surface area is 123 Å². The first-order valence-electron chi connectivity index (χ1n) is 8.87. The van der Waals surface area contributed by atoms with E-state index in [1.165, 1.54) is 64.5 Å². The molecule has 20 heavy (non-hydrogen) atoms. The molecule has 0 aromatic carbocycles. The van der Waals surface area contributed by atoms with Crippen LogP contribution in [0.15, 0.2) is 0 Å². The van der Waals surface area contributed by atoms with E-state index < -0.39 is 0 Å². The number of carbonyl (C=O) groups excluding carboxylic acids is 1. The molecule has 0 spiro atoms. The van der Waals surface area contributed by atoms with Crippen LogP contribution in [-0.2, 0) is 4.79 Å². The first-order valence-corrected chi connectivity index (χ1v) is 8.87. The summed E-state index contributed by atoms with van der Waals surface area (Å²) in [4.78, 5) is 17.4. The Balaban J connectivity index is 1.46. The zero-order valence-corrected chi connectivity index (χ0v) is 12.9. The van der Waals surface area contributed by atoms with Crippen LogP contribution in [0.25, 0.3) is 0 Å². The molecule has 3 heteroatoms. The summed E-state index contributed by atoms with van der Waals surface area (Å²) < 4.78 is 0. The van der Waals surface area contributed by atoms with Crippen molar-refractivity contribution in [3.63, 3.8) is 0 Å². The van der Waals surface area contributed by atoms with Crippen molar-refractivity contribution < 1.29 is 4.79 Å². The Morgan fingerprint density at radius 2 is 1.30 bits per heavy atom. The van der Waals surface area contributed by atoms with E-state index in [-0.39, 0.29) is 0 Å². The predicted molar refractivity (Wildman–Crippen MR) is 81.6 cm³/mol. The van der Waals surface area contributed by atoms with E-state index in [0.717, 1.165) is 32.0 Å². The Morgan fingerprint density at radius 1 is 0.700 bits per heavy atom. The van der Waals surface area contributed by atoms with Gasteiger partial charge in [0.2, 0.25) is 5.91 Å². The molecule has 0 unspecified atom stereocenters. The number of nitrogens with zero attached hydrogens (tertiary/aromatic N) is 2. The van der Waals surface area contributed by atoms with E-state index >= 15 is 0 Å². The summed E-state index contributed by atoms with van der Waals surface area (Å²) in [5, 5.41) is 0. The lowest BCUT2D eigenvalue weighted by Crippen LogP contribution is -2.49. The second-order valence-corrected chi connectivity index (χ2v) is 6.99. The Bertz CT molecular complexity index is 311. The number of piperidine rings is 2. The number of amides is 1. The fourth-order valence-corrected chi connectivity index (χ4v) is 4.34. The molecule has 0 N–H and O–H groups in total. The molecule has 1 aliphatic carbocycles. The van der Waals surface area contributed by atoms with E-state index in [0.29, 0.717) is 11.8 Å². The van der Waals surface area contributed by atoms with Crippen LogP contribution in [0.4, 0.5) is 0 Å². The average molecular weight is 278 g/mol. The molecule has 2 saturated heterocycles. The highest BCUT2D eigenvalue weighted by Crippen LogP contribution is 2.27. The predicted octanol–water partition coefficient (Wildman–Crippen LogP) is 3.04. The molecule has 1 amide bonds. The van der Waals surface area contributed by atoms with Crippen molar-refractivity contribution in [3.05, 3.63) is 0 Å². The maximum atomic E-state index is 12.5. The van der Waals surface area contributed by atoms with Gasteiger partial charge in [-0.1, -0.05) is 25.7 Å². The van der Waals surface area contributed by atoms with Gasteiger partial charge in [0.1, 0.15) is 0 Å². The van der Waals surface area contributed by atoms with E-state index in [1.807, 2.05) is 0 Å². The molecule has 1 saturated carbocycles. The summed E-state index contributed by atoms with van der Waals surface area (Å²) in [6.45, 7) is 4.61. The number of rotatable bonds is 2. The molecule has 3 aliphatic rings. The van der Waals surface area contributed by atoms with Crippen molar-refractivity contribution in [1.82, 2.24) is 9.80 Å². The van der Waals surface area contributed by atoms with E-state index in [4.69, 9.17) is 0 Å². The van der Waals surface area contributed by atoms with Gasteiger partial charge in [-0.3, -0.25) is 4.79 Å². The van der Waals surface area contributed by atoms with Crippen molar-refractivity contribution in [2.24, 2.45) is 5.92 Å². The van der Waals surface area contributed by atoms with Gasteiger partial charge in [-0.15, -0.1) is 0 Å². The lowest BCUT2D eigenvalue weighted by Gasteiger charge is -2.41. The largest absolute Gasteiger partial charge is 0.342 e. The summed E-state index contributed by atoms with van der Waals surface area (Å²) in [7, 11) is 0. The van der Waals surface area contributed by atoms with Crippen LogP contribution in [0.3, 0.4) is 0 Å². The summed E-state index contributed by atoms with van der Waals surface area (Å²) in [5.41, 5.74) is 0. The maximum Gasteiger partial charge on any atom is 0.225 e. The van der Waals surface area contributed by atoms with E-state index in [2.05, 4.69) is 9.80 Å². The van der Waals surface area contributed by atoms with Gasteiger partial charge >= 0.3 is 0 Å². The van der Waals surface area contributed by atoms with Crippen molar-refractivity contribution in [2.45, 2.75) is 70.3 Å². The molecular formula is C17H30N2O. The summed E-state index contributed by atoms with van der Waals surface area (Å²) in [6, 6.07) is 0.755. The molecule has 0 radical (unpaired) electrons. The molecule has 0 aromatic heterocycles. The third-order valence-electron chi connectivity index (χ3n) is 5.64. The molecule has 2 aliphatic heterocycles.